The van der Waals surface area contributed by atoms with Crippen molar-refractivity contribution in [1.29, 1.82) is 0 Å². The van der Waals surface area contributed by atoms with E-state index < -0.39 is 32.2 Å². The van der Waals surface area contributed by atoms with E-state index in [9.17, 15) is 26.4 Å². The van der Waals surface area contributed by atoms with Gasteiger partial charge in [0.2, 0.25) is 5.91 Å². The summed E-state index contributed by atoms with van der Waals surface area (Å²) in [5, 5.41) is 0. The Hall–Kier alpha value is -2.59. The third kappa shape index (κ3) is 6.96. The van der Waals surface area contributed by atoms with E-state index in [1.807, 2.05) is 20.8 Å². The average molecular weight is 474 g/mol. The molecule has 2 rings (SSSR count). The van der Waals surface area contributed by atoms with E-state index in [1.54, 1.807) is 17.0 Å². The molecule has 0 atom stereocenters. The molecule has 0 aliphatic rings. The number of alkyl halides is 3. The van der Waals surface area contributed by atoms with Crippen molar-refractivity contribution in [3.63, 3.8) is 0 Å². The van der Waals surface area contributed by atoms with Crippen LogP contribution in [0.15, 0.2) is 53.4 Å². The molecule has 0 aromatic heterocycles. The molecule has 2 aromatic rings. The number of benzene rings is 2. The summed E-state index contributed by atoms with van der Waals surface area (Å²) in [6, 6.07) is 9.29. The number of halogens is 3. The summed E-state index contributed by atoms with van der Waals surface area (Å²) < 4.78 is 73.5. The van der Waals surface area contributed by atoms with Crippen molar-refractivity contribution >= 4 is 16.0 Å². The van der Waals surface area contributed by atoms with Gasteiger partial charge in [0.05, 0.1) is 12.2 Å². The van der Waals surface area contributed by atoms with Crippen LogP contribution in [0, 0.1) is 5.41 Å². The second-order valence-electron chi connectivity index (χ2n) is 8.18. The van der Waals surface area contributed by atoms with Gasteiger partial charge in [-0.1, -0.05) is 39.0 Å². The predicted molar refractivity (Wildman–Crippen MR) is 112 cm³/mol. The molecule has 0 fully saturated rings. The highest BCUT2D eigenvalue weighted by molar-refractivity contribution is 7.87. The molecule has 2 aromatic carbocycles. The molecule has 32 heavy (non-hydrogen) atoms. The van der Waals surface area contributed by atoms with Crippen LogP contribution in [0.3, 0.4) is 0 Å². The minimum Gasteiger partial charge on any atom is -0.383 e. The van der Waals surface area contributed by atoms with Crippen LogP contribution in [0.2, 0.25) is 0 Å². The first kappa shape index (κ1) is 25.7. The zero-order valence-electron chi connectivity index (χ0n) is 18.3. The van der Waals surface area contributed by atoms with Gasteiger partial charge in [-0.2, -0.15) is 21.6 Å². The molecule has 6 nitrogen and oxygen atoms in total. The average Bonchev–Trinajstić information content (AvgIpc) is 2.70. The van der Waals surface area contributed by atoms with Gasteiger partial charge in [0.1, 0.15) is 10.6 Å². The number of methoxy groups -OCH3 is 1. The SMILES string of the molecule is COCCN(Cc1ccc(OS(=O)(=O)c2cccc(C(F)(F)F)c2)cc1)C(=O)C(C)(C)C. The largest absolute Gasteiger partial charge is 0.416 e. The summed E-state index contributed by atoms with van der Waals surface area (Å²) in [7, 11) is -2.92. The number of hydrogen-bond acceptors (Lipinski definition) is 5. The van der Waals surface area contributed by atoms with Gasteiger partial charge in [0, 0.05) is 25.6 Å². The smallest absolute Gasteiger partial charge is 0.383 e. The van der Waals surface area contributed by atoms with Gasteiger partial charge in [0.25, 0.3) is 0 Å². The zero-order chi connectivity index (χ0) is 24.2. The molecule has 10 heteroatoms. The monoisotopic (exact) mass is 473 g/mol. The second-order valence-corrected chi connectivity index (χ2v) is 9.72. The Morgan fingerprint density at radius 3 is 2.19 bits per heavy atom. The molecule has 0 bridgehead atoms. The fourth-order valence-electron chi connectivity index (χ4n) is 2.80. The Morgan fingerprint density at radius 1 is 1.03 bits per heavy atom. The number of carbonyl (C=O) groups is 1. The normalized spacial score (nSPS) is 12.5. The van der Waals surface area contributed by atoms with Crippen LogP contribution < -0.4 is 4.18 Å². The Labute approximate surface area is 186 Å². The van der Waals surface area contributed by atoms with Crippen LogP contribution >= 0.6 is 0 Å². The maximum atomic E-state index is 12.9. The lowest BCUT2D eigenvalue weighted by Gasteiger charge is -2.29. The topological polar surface area (TPSA) is 72.9 Å². The van der Waals surface area contributed by atoms with Crippen molar-refractivity contribution in [3.8, 4) is 5.75 Å². The third-order valence-electron chi connectivity index (χ3n) is 4.45. The van der Waals surface area contributed by atoms with Crippen LogP contribution in [0.25, 0.3) is 0 Å². The Kier molecular flexibility index (Phi) is 7.95. The van der Waals surface area contributed by atoms with Crippen LogP contribution in [0.5, 0.6) is 5.75 Å². The van der Waals surface area contributed by atoms with Gasteiger partial charge in [-0.25, -0.2) is 0 Å². The van der Waals surface area contributed by atoms with E-state index in [0.717, 1.165) is 23.8 Å². The fraction of sp³-hybridized carbons (Fsp3) is 0.409. The Morgan fingerprint density at radius 2 is 1.66 bits per heavy atom. The maximum absolute atomic E-state index is 12.9. The fourth-order valence-corrected chi connectivity index (χ4v) is 3.78. The first-order valence-corrected chi connectivity index (χ1v) is 11.1. The third-order valence-corrected chi connectivity index (χ3v) is 5.69. The molecule has 0 N–H and O–H groups in total. The van der Waals surface area contributed by atoms with Crippen LogP contribution in [0.4, 0.5) is 13.2 Å². The summed E-state index contributed by atoms with van der Waals surface area (Å²) in [4.78, 5) is 13.7. The van der Waals surface area contributed by atoms with Gasteiger partial charge in [-0.3, -0.25) is 4.79 Å². The van der Waals surface area contributed by atoms with Crippen molar-refractivity contribution in [1.82, 2.24) is 4.90 Å². The second kappa shape index (κ2) is 9.91. The molecule has 0 unspecified atom stereocenters. The van der Waals surface area contributed by atoms with Crippen molar-refractivity contribution in [2.45, 2.75) is 38.4 Å². The van der Waals surface area contributed by atoms with Gasteiger partial charge in [-0.05, 0) is 35.9 Å². The minimum absolute atomic E-state index is 0.0586. The molecule has 176 valence electrons. The highest BCUT2D eigenvalue weighted by atomic mass is 32.2. The van der Waals surface area contributed by atoms with Crippen molar-refractivity contribution in [2.75, 3.05) is 20.3 Å². The standard InChI is InChI=1S/C22H26F3NO5S/c1-21(2,3)20(27)26(12-13-30-4)15-16-8-10-18(11-9-16)31-32(28,29)19-7-5-6-17(14-19)22(23,24)25/h5-11,14H,12-13,15H2,1-4H3. The minimum atomic E-state index is -4.67. The molecule has 0 saturated carbocycles. The number of amides is 1. The first-order valence-electron chi connectivity index (χ1n) is 9.73. The zero-order valence-corrected chi connectivity index (χ0v) is 19.1. The lowest BCUT2D eigenvalue weighted by atomic mass is 9.94. The summed E-state index contributed by atoms with van der Waals surface area (Å²) in [5.74, 6) is -0.126. The maximum Gasteiger partial charge on any atom is 0.416 e. The first-order chi connectivity index (χ1) is 14.7. The van der Waals surface area contributed by atoms with Crippen LogP contribution in [-0.2, 0) is 32.4 Å². The lowest BCUT2D eigenvalue weighted by Crippen LogP contribution is -2.40. The molecule has 1 amide bonds. The van der Waals surface area contributed by atoms with Gasteiger partial charge in [-0.15, -0.1) is 0 Å². The van der Waals surface area contributed by atoms with Gasteiger partial charge in [0.15, 0.2) is 0 Å². The molecular formula is C22H26F3NO5S. The van der Waals surface area contributed by atoms with E-state index in [1.165, 1.54) is 19.2 Å². The highest BCUT2D eigenvalue weighted by Crippen LogP contribution is 2.31. The molecule has 0 saturated heterocycles. The van der Waals surface area contributed by atoms with E-state index in [0.29, 0.717) is 19.2 Å². The molecule has 0 aliphatic carbocycles. The Bertz CT molecular complexity index is 1030. The molecule has 0 heterocycles. The predicted octanol–water partition coefficient (Wildman–Crippen LogP) is 4.49. The van der Waals surface area contributed by atoms with Crippen molar-refractivity contribution < 1.29 is 35.3 Å². The highest BCUT2D eigenvalue weighted by Gasteiger charge is 2.32. The van der Waals surface area contributed by atoms with Crippen molar-refractivity contribution in [2.24, 2.45) is 5.41 Å². The van der Waals surface area contributed by atoms with E-state index >= 15 is 0 Å². The Balaban J connectivity index is 2.17. The van der Waals surface area contributed by atoms with Gasteiger partial charge >= 0.3 is 16.3 Å². The van der Waals surface area contributed by atoms with E-state index in [2.05, 4.69) is 0 Å². The summed E-state index contributed by atoms with van der Waals surface area (Å²) in [5.41, 5.74) is -0.949. The summed E-state index contributed by atoms with van der Waals surface area (Å²) >= 11 is 0. The molecule has 0 aliphatic heterocycles. The number of carbonyl (C=O) groups excluding carboxylic acids is 1. The molecular weight excluding hydrogens is 447 g/mol. The van der Waals surface area contributed by atoms with E-state index in [4.69, 9.17) is 8.92 Å². The number of hydrogen-bond donors (Lipinski definition) is 0. The summed E-state index contributed by atoms with van der Waals surface area (Å²) in [6.07, 6.45) is -4.67. The lowest BCUT2D eigenvalue weighted by molar-refractivity contribution is -0.140. The van der Waals surface area contributed by atoms with E-state index in [-0.39, 0.29) is 18.2 Å². The van der Waals surface area contributed by atoms with Gasteiger partial charge < -0.3 is 13.8 Å². The summed E-state index contributed by atoms with van der Waals surface area (Å²) in [6.45, 7) is 6.45. The quantitative estimate of drug-likeness (QED) is 0.528. The number of rotatable bonds is 8. The van der Waals surface area contributed by atoms with Crippen LogP contribution in [-0.4, -0.2) is 39.5 Å². The number of ether oxygens (including phenoxy) is 1. The van der Waals surface area contributed by atoms with Crippen LogP contribution in [0.1, 0.15) is 31.9 Å². The van der Waals surface area contributed by atoms with Crippen molar-refractivity contribution in [3.05, 3.63) is 59.7 Å². The number of nitrogens with zero attached hydrogens (tertiary/aromatic N) is 1. The molecule has 0 radical (unpaired) electrons. The molecule has 0 spiro atoms.